The summed E-state index contributed by atoms with van der Waals surface area (Å²) in [5, 5.41) is 76.1. The van der Waals surface area contributed by atoms with Crippen molar-refractivity contribution in [1.82, 2.24) is 0 Å². The molecule has 144 valence electrons. The highest BCUT2D eigenvalue weighted by molar-refractivity contribution is 4.91. The van der Waals surface area contributed by atoms with Crippen LogP contribution in [0.15, 0.2) is 0 Å². The molecule has 0 aliphatic carbocycles. The van der Waals surface area contributed by atoms with E-state index in [2.05, 4.69) is 0 Å². The highest BCUT2D eigenvalue weighted by atomic mass is 16.7. The van der Waals surface area contributed by atoms with Gasteiger partial charge in [-0.25, -0.2) is 0 Å². The summed E-state index contributed by atoms with van der Waals surface area (Å²) in [5.41, 5.74) is 0. The van der Waals surface area contributed by atoms with Crippen LogP contribution in [-0.4, -0.2) is 121 Å². The number of hydrogen-bond acceptors (Lipinski definition) is 11. The molecule has 24 heavy (non-hydrogen) atoms. The van der Waals surface area contributed by atoms with E-state index < -0.39 is 74.6 Å². The third-order valence-electron chi connectivity index (χ3n) is 3.96. The van der Waals surface area contributed by atoms with Gasteiger partial charge in [0.15, 0.2) is 12.6 Å². The number of aliphatic hydroxyl groups is 8. The summed E-state index contributed by atoms with van der Waals surface area (Å²) in [6.45, 7) is -1.10. The molecule has 0 aromatic rings. The van der Waals surface area contributed by atoms with Crippen LogP contribution in [0.25, 0.3) is 0 Å². The van der Waals surface area contributed by atoms with Gasteiger partial charge in [0.1, 0.15) is 48.8 Å². The minimum absolute atomic E-state index is 0. The molecule has 2 fully saturated rings. The van der Waals surface area contributed by atoms with Crippen LogP contribution < -0.4 is 0 Å². The maximum absolute atomic E-state index is 9.78. The Morgan fingerprint density at radius 2 is 1.21 bits per heavy atom. The Kier molecular flexibility index (Phi) is 7.86. The van der Waals surface area contributed by atoms with E-state index in [0.717, 1.165) is 0 Å². The molecule has 1 unspecified atom stereocenters. The second kappa shape index (κ2) is 8.75. The summed E-state index contributed by atoms with van der Waals surface area (Å²) in [6, 6.07) is 0. The first-order valence-corrected chi connectivity index (χ1v) is 7.07. The summed E-state index contributed by atoms with van der Waals surface area (Å²) in [6.07, 6.45) is -15.3. The van der Waals surface area contributed by atoms with Crippen molar-refractivity contribution in [2.24, 2.45) is 0 Å². The lowest BCUT2D eigenvalue weighted by molar-refractivity contribution is -0.325. The molecular formula is C12H24O12. The van der Waals surface area contributed by atoms with Gasteiger partial charge in [-0.1, -0.05) is 0 Å². The molecule has 0 amide bonds. The van der Waals surface area contributed by atoms with Crippen molar-refractivity contribution in [1.29, 1.82) is 0 Å². The van der Waals surface area contributed by atoms with Crippen LogP contribution in [-0.2, 0) is 14.2 Å². The quantitative estimate of drug-likeness (QED) is 0.235. The average Bonchev–Trinajstić information content (AvgIpc) is 2.54. The zero-order valence-electron chi connectivity index (χ0n) is 12.5. The van der Waals surface area contributed by atoms with Crippen LogP contribution in [0.4, 0.5) is 0 Å². The second-order valence-corrected chi connectivity index (χ2v) is 5.57. The van der Waals surface area contributed by atoms with Crippen LogP contribution in [0.1, 0.15) is 0 Å². The molecule has 10 atom stereocenters. The van der Waals surface area contributed by atoms with E-state index in [1.807, 2.05) is 0 Å². The van der Waals surface area contributed by atoms with Crippen LogP contribution in [0.3, 0.4) is 0 Å². The van der Waals surface area contributed by atoms with Gasteiger partial charge in [-0.15, -0.1) is 0 Å². The van der Waals surface area contributed by atoms with E-state index in [1.54, 1.807) is 0 Å². The fraction of sp³-hybridized carbons (Fsp3) is 1.00. The third kappa shape index (κ3) is 4.19. The molecule has 10 N–H and O–H groups in total. The van der Waals surface area contributed by atoms with Gasteiger partial charge in [-0.05, 0) is 0 Å². The Balaban J connectivity index is 0.00000288. The first kappa shape index (κ1) is 21.6. The zero-order chi connectivity index (χ0) is 17.3. The topological polar surface area (TPSA) is 221 Å². The fourth-order valence-corrected chi connectivity index (χ4v) is 2.46. The fourth-order valence-electron chi connectivity index (χ4n) is 2.46. The highest BCUT2D eigenvalue weighted by Gasteiger charge is 2.46. The van der Waals surface area contributed by atoms with Crippen molar-refractivity contribution in [3.05, 3.63) is 0 Å². The summed E-state index contributed by atoms with van der Waals surface area (Å²) >= 11 is 0. The van der Waals surface area contributed by atoms with Crippen molar-refractivity contribution in [2.75, 3.05) is 13.2 Å². The van der Waals surface area contributed by atoms with E-state index in [1.165, 1.54) is 0 Å². The molecule has 0 saturated carbocycles. The smallest absolute Gasteiger partial charge is 0.186 e. The van der Waals surface area contributed by atoms with Crippen molar-refractivity contribution in [3.8, 4) is 0 Å². The maximum atomic E-state index is 9.78. The van der Waals surface area contributed by atoms with Gasteiger partial charge in [0, 0.05) is 0 Å². The summed E-state index contributed by atoms with van der Waals surface area (Å²) in [5.74, 6) is 0. The number of aliphatic hydroxyl groups excluding tert-OH is 8. The Bertz CT molecular complexity index is 381. The lowest BCUT2D eigenvalue weighted by atomic mass is 9.98. The van der Waals surface area contributed by atoms with Crippen molar-refractivity contribution < 1.29 is 60.5 Å². The van der Waals surface area contributed by atoms with E-state index in [4.69, 9.17) is 19.3 Å². The van der Waals surface area contributed by atoms with Crippen LogP contribution in [0, 0.1) is 0 Å². The summed E-state index contributed by atoms with van der Waals surface area (Å²) in [7, 11) is 0. The molecule has 2 saturated heterocycles. The van der Waals surface area contributed by atoms with Gasteiger partial charge in [0.2, 0.25) is 0 Å². The molecule has 0 spiro atoms. The maximum Gasteiger partial charge on any atom is 0.186 e. The van der Waals surface area contributed by atoms with E-state index in [0.29, 0.717) is 0 Å². The van der Waals surface area contributed by atoms with Gasteiger partial charge >= 0.3 is 0 Å². The Hall–Kier alpha value is -0.480. The van der Waals surface area contributed by atoms with E-state index >= 15 is 0 Å². The average molecular weight is 360 g/mol. The van der Waals surface area contributed by atoms with Gasteiger partial charge < -0.3 is 60.5 Å². The minimum atomic E-state index is -1.74. The Morgan fingerprint density at radius 1 is 0.667 bits per heavy atom. The summed E-state index contributed by atoms with van der Waals surface area (Å²) < 4.78 is 15.1. The summed E-state index contributed by atoms with van der Waals surface area (Å²) in [4.78, 5) is 0. The molecule has 2 heterocycles. The lowest BCUT2D eigenvalue weighted by Gasteiger charge is -2.41. The predicted octanol–water partition coefficient (Wildman–Crippen LogP) is -6.22. The molecule has 12 nitrogen and oxygen atoms in total. The largest absolute Gasteiger partial charge is 0.412 e. The first-order valence-electron chi connectivity index (χ1n) is 7.07. The predicted molar refractivity (Wildman–Crippen MR) is 72.2 cm³/mol. The van der Waals surface area contributed by atoms with Crippen molar-refractivity contribution >= 4 is 0 Å². The third-order valence-corrected chi connectivity index (χ3v) is 3.96. The normalized spacial score (nSPS) is 49.5. The van der Waals surface area contributed by atoms with Gasteiger partial charge in [0.05, 0.1) is 13.2 Å². The molecule has 0 bridgehead atoms. The zero-order valence-corrected chi connectivity index (χ0v) is 12.5. The van der Waals surface area contributed by atoms with Gasteiger partial charge in [0.25, 0.3) is 0 Å². The van der Waals surface area contributed by atoms with Crippen LogP contribution >= 0.6 is 0 Å². The molecule has 0 radical (unpaired) electrons. The molecule has 0 aromatic heterocycles. The Labute approximate surface area is 136 Å². The van der Waals surface area contributed by atoms with Crippen LogP contribution in [0.2, 0.25) is 0 Å². The number of hydrogen-bond donors (Lipinski definition) is 8. The molecular weight excluding hydrogens is 336 g/mol. The number of ether oxygens (including phenoxy) is 3. The van der Waals surface area contributed by atoms with Crippen LogP contribution in [0.5, 0.6) is 0 Å². The number of rotatable bonds is 4. The van der Waals surface area contributed by atoms with E-state index in [-0.39, 0.29) is 5.48 Å². The lowest BCUT2D eigenvalue weighted by Crippen LogP contribution is -2.61. The monoisotopic (exact) mass is 360 g/mol. The molecule has 0 aromatic carbocycles. The highest BCUT2D eigenvalue weighted by Crippen LogP contribution is 2.24. The molecule has 2 aliphatic rings. The Morgan fingerprint density at radius 3 is 1.79 bits per heavy atom. The molecule has 2 rings (SSSR count). The SMILES string of the molecule is O.OC[C@H]1O[C@H](OC[C@H]2OC(O)[C@H](O)[C@@H](O)[C@@H]2O)[C@H](O)[C@@H](O)[C@H]1O. The first-order chi connectivity index (χ1) is 10.8. The standard InChI is InChI=1S/C12H22O11.H2O/c13-1-3-5(14)8(17)10(19)12(23-3)21-2-4-6(15)7(16)9(18)11(20)22-4;/h3-20H,1-2H2;1H2/t3-,4-,5+,6-,7+,8+,9-,10-,11?,12+;/m1./s1. The van der Waals surface area contributed by atoms with E-state index in [9.17, 15) is 35.7 Å². The van der Waals surface area contributed by atoms with Gasteiger partial charge in [-0.3, -0.25) is 0 Å². The minimum Gasteiger partial charge on any atom is -0.412 e. The molecule has 12 heteroatoms. The molecule has 2 aliphatic heterocycles. The van der Waals surface area contributed by atoms with Crippen molar-refractivity contribution in [2.45, 2.75) is 61.4 Å². The van der Waals surface area contributed by atoms with Crippen molar-refractivity contribution in [3.63, 3.8) is 0 Å². The second-order valence-electron chi connectivity index (χ2n) is 5.57. The van der Waals surface area contributed by atoms with Gasteiger partial charge in [-0.2, -0.15) is 0 Å².